The van der Waals surface area contributed by atoms with Gasteiger partial charge in [0.1, 0.15) is 0 Å². The zero-order chi connectivity index (χ0) is 18.5. The molecule has 1 aliphatic rings. The molecule has 0 aliphatic carbocycles. The fraction of sp³-hybridized carbons (Fsp3) is 0.682. The monoisotopic (exact) mass is 375 g/mol. The van der Waals surface area contributed by atoms with Crippen molar-refractivity contribution in [3.63, 3.8) is 0 Å². The topological polar surface area (TPSA) is 30.8 Å². The molecule has 1 heterocycles. The molecule has 26 heavy (non-hydrogen) atoms. The lowest BCUT2D eigenvalue weighted by Gasteiger charge is -2.29. The number of isothiocyanates is 1. The molecule has 0 amide bonds. The third-order valence-electron chi connectivity index (χ3n) is 5.02. The maximum Gasteiger partial charge on any atom is 0.183 e. The molecule has 1 aromatic rings. The molecule has 3 nitrogen and oxygen atoms in total. The lowest BCUT2D eigenvalue weighted by molar-refractivity contribution is -0.206. The van der Waals surface area contributed by atoms with E-state index in [1.807, 2.05) is 24.3 Å². The molecule has 1 aromatic carbocycles. The third kappa shape index (κ3) is 8.09. The molecule has 1 aliphatic heterocycles. The summed E-state index contributed by atoms with van der Waals surface area (Å²) in [7, 11) is 0. The van der Waals surface area contributed by atoms with Crippen LogP contribution in [0.2, 0.25) is 0 Å². The van der Waals surface area contributed by atoms with Crippen molar-refractivity contribution in [3.05, 3.63) is 29.8 Å². The first kappa shape index (κ1) is 21.2. The van der Waals surface area contributed by atoms with E-state index in [-0.39, 0.29) is 6.29 Å². The van der Waals surface area contributed by atoms with E-state index in [0.29, 0.717) is 5.92 Å². The highest BCUT2D eigenvalue weighted by Crippen LogP contribution is 2.28. The van der Waals surface area contributed by atoms with E-state index in [1.165, 1.54) is 64.2 Å². The SMILES string of the molecule is CCCCCCCCCCC[C@H]1CO[C@H](c2ccc(N=C=S)cc2)OC1. The molecule has 1 fully saturated rings. The smallest absolute Gasteiger partial charge is 0.183 e. The van der Waals surface area contributed by atoms with Crippen molar-refractivity contribution in [2.24, 2.45) is 10.9 Å². The Hall–Kier alpha value is -1.06. The summed E-state index contributed by atoms with van der Waals surface area (Å²) in [6, 6.07) is 7.79. The fourth-order valence-electron chi connectivity index (χ4n) is 3.40. The van der Waals surface area contributed by atoms with E-state index in [4.69, 9.17) is 9.47 Å². The molecule has 2 rings (SSSR count). The number of hydrogen-bond donors (Lipinski definition) is 0. The second-order valence-corrected chi connectivity index (χ2v) is 7.46. The molecular formula is C22H33NO2S. The minimum Gasteiger partial charge on any atom is -0.348 e. The molecule has 0 atom stereocenters. The fourth-order valence-corrected chi connectivity index (χ4v) is 3.51. The Kier molecular flexibility index (Phi) is 10.8. The Bertz CT molecular complexity index is 532. The first-order valence-electron chi connectivity index (χ1n) is 10.2. The van der Waals surface area contributed by atoms with Crippen molar-refractivity contribution in [1.82, 2.24) is 0 Å². The Morgan fingerprint density at radius 1 is 0.923 bits per heavy atom. The van der Waals surface area contributed by atoms with Crippen LogP contribution in [0, 0.1) is 5.92 Å². The van der Waals surface area contributed by atoms with Gasteiger partial charge >= 0.3 is 0 Å². The number of aliphatic imine (C=N–C) groups is 1. The van der Waals surface area contributed by atoms with E-state index in [1.54, 1.807) is 0 Å². The molecule has 0 unspecified atom stereocenters. The first-order chi connectivity index (χ1) is 12.8. The Balaban J connectivity index is 1.54. The van der Waals surface area contributed by atoms with Crippen LogP contribution in [-0.4, -0.2) is 18.4 Å². The van der Waals surface area contributed by atoms with E-state index >= 15 is 0 Å². The molecule has 0 aromatic heterocycles. The molecule has 4 heteroatoms. The second-order valence-electron chi connectivity index (χ2n) is 7.28. The van der Waals surface area contributed by atoms with Crippen LogP contribution in [0.1, 0.15) is 83.0 Å². The summed E-state index contributed by atoms with van der Waals surface area (Å²) in [5.74, 6) is 0.537. The summed E-state index contributed by atoms with van der Waals surface area (Å²) in [5.41, 5.74) is 1.85. The van der Waals surface area contributed by atoms with Gasteiger partial charge in [-0.3, -0.25) is 0 Å². The minimum absolute atomic E-state index is 0.250. The predicted molar refractivity (Wildman–Crippen MR) is 111 cm³/mol. The van der Waals surface area contributed by atoms with Gasteiger partial charge in [-0.05, 0) is 30.8 Å². The van der Waals surface area contributed by atoms with Crippen molar-refractivity contribution < 1.29 is 9.47 Å². The number of ether oxygens (including phenoxy) is 2. The highest BCUT2D eigenvalue weighted by molar-refractivity contribution is 7.78. The number of thiocarbonyl (C=S) groups is 1. The molecule has 144 valence electrons. The quantitative estimate of drug-likeness (QED) is 0.224. The summed E-state index contributed by atoms with van der Waals surface area (Å²) in [4.78, 5) is 3.96. The van der Waals surface area contributed by atoms with Crippen molar-refractivity contribution in [1.29, 1.82) is 0 Å². The standard InChI is InChI=1S/C22H33NO2S/c1-2-3-4-5-6-7-8-9-10-11-19-16-24-22(25-17-19)20-12-14-21(15-13-20)23-18-26/h12-15,19,22H,2-11,16-17H2,1H3/t19-,22-. The van der Waals surface area contributed by atoms with E-state index in [2.05, 4.69) is 29.3 Å². The zero-order valence-electron chi connectivity index (χ0n) is 16.1. The van der Waals surface area contributed by atoms with Gasteiger partial charge in [0.05, 0.1) is 24.1 Å². The lowest BCUT2D eigenvalue weighted by atomic mass is 10.0. The van der Waals surface area contributed by atoms with Crippen LogP contribution in [0.15, 0.2) is 29.3 Å². The maximum absolute atomic E-state index is 5.92. The number of unbranched alkanes of at least 4 members (excludes halogenated alkanes) is 8. The van der Waals surface area contributed by atoms with Gasteiger partial charge in [0.2, 0.25) is 0 Å². The van der Waals surface area contributed by atoms with Gasteiger partial charge in [0.25, 0.3) is 0 Å². The summed E-state index contributed by atoms with van der Waals surface area (Å²) >= 11 is 4.62. The Morgan fingerprint density at radius 2 is 1.50 bits per heavy atom. The van der Waals surface area contributed by atoms with Crippen LogP contribution >= 0.6 is 12.2 Å². The molecular weight excluding hydrogens is 342 g/mol. The normalized spacial score (nSPS) is 19.9. The molecule has 1 saturated heterocycles. The van der Waals surface area contributed by atoms with Crippen LogP contribution in [0.5, 0.6) is 0 Å². The molecule has 0 bridgehead atoms. The summed E-state index contributed by atoms with van der Waals surface area (Å²) in [6.07, 6.45) is 13.3. The van der Waals surface area contributed by atoms with E-state index in [9.17, 15) is 0 Å². The van der Waals surface area contributed by atoms with Gasteiger partial charge in [0, 0.05) is 11.5 Å². The summed E-state index contributed by atoms with van der Waals surface area (Å²) in [5, 5.41) is 2.38. The largest absolute Gasteiger partial charge is 0.348 e. The highest BCUT2D eigenvalue weighted by Gasteiger charge is 2.23. The maximum atomic E-state index is 5.92. The highest BCUT2D eigenvalue weighted by atomic mass is 32.1. The Labute approximate surface area is 164 Å². The number of hydrogen-bond acceptors (Lipinski definition) is 4. The van der Waals surface area contributed by atoms with Gasteiger partial charge in [-0.1, -0.05) is 76.8 Å². The first-order valence-corrected chi connectivity index (χ1v) is 10.7. The van der Waals surface area contributed by atoms with E-state index < -0.39 is 0 Å². The summed E-state index contributed by atoms with van der Waals surface area (Å²) < 4.78 is 11.8. The van der Waals surface area contributed by atoms with Crippen molar-refractivity contribution in [3.8, 4) is 0 Å². The lowest BCUT2D eigenvalue weighted by Crippen LogP contribution is -2.27. The summed E-state index contributed by atoms with van der Waals surface area (Å²) in [6.45, 7) is 3.86. The zero-order valence-corrected chi connectivity index (χ0v) is 16.9. The predicted octanol–water partition coefficient (Wildman–Crippen LogP) is 7.00. The van der Waals surface area contributed by atoms with Crippen molar-refractivity contribution >= 4 is 23.1 Å². The van der Waals surface area contributed by atoms with Crippen molar-refractivity contribution in [2.45, 2.75) is 77.4 Å². The third-order valence-corrected chi connectivity index (χ3v) is 5.11. The van der Waals surface area contributed by atoms with Crippen LogP contribution in [0.4, 0.5) is 5.69 Å². The molecule has 0 N–H and O–H groups in total. The van der Waals surface area contributed by atoms with Gasteiger partial charge in [-0.2, -0.15) is 4.99 Å². The minimum atomic E-state index is -0.250. The van der Waals surface area contributed by atoms with Crippen molar-refractivity contribution in [2.75, 3.05) is 13.2 Å². The van der Waals surface area contributed by atoms with Gasteiger partial charge in [0.15, 0.2) is 6.29 Å². The van der Waals surface area contributed by atoms with Crippen LogP contribution in [0.25, 0.3) is 0 Å². The van der Waals surface area contributed by atoms with Gasteiger partial charge in [-0.25, -0.2) is 0 Å². The Morgan fingerprint density at radius 3 is 2.08 bits per heavy atom. The second kappa shape index (κ2) is 13.2. The molecule has 0 spiro atoms. The average Bonchev–Trinajstić information content (AvgIpc) is 2.68. The van der Waals surface area contributed by atoms with Crippen LogP contribution in [0.3, 0.4) is 0 Å². The van der Waals surface area contributed by atoms with Gasteiger partial charge < -0.3 is 9.47 Å². The van der Waals surface area contributed by atoms with Crippen LogP contribution < -0.4 is 0 Å². The molecule has 0 saturated carbocycles. The molecule has 0 radical (unpaired) electrons. The number of nitrogens with zero attached hydrogens (tertiary/aromatic N) is 1. The van der Waals surface area contributed by atoms with Crippen LogP contribution in [-0.2, 0) is 9.47 Å². The number of benzene rings is 1. The van der Waals surface area contributed by atoms with E-state index in [0.717, 1.165) is 24.5 Å². The number of rotatable bonds is 12. The average molecular weight is 376 g/mol. The van der Waals surface area contributed by atoms with Gasteiger partial charge in [-0.15, -0.1) is 0 Å².